The lowest BCUT2D eigenvalue weighted by Gasteiger charge is -2.29. The Morgan fingerprint density at radius 1 is 0.694 bits per heavy atom. The standard InChI is InChI=1S/C33H35F2N/c34-33(35)16-14-23(15-17-33)27-12-13-30-31-28(27)10-5-11-29(31)32(36-30)26-19-24(21-6-1-2-7-21)18-25(20-26)22-8-3-4-9-22/h5,10-13,18-23H,1-4,6-9,14-17H2. The number of hydrogen-bond acceptors (Lipinski definition) is 1. The van der Waals surface area contributed by atoms with Crippen LogP contribution in [0.25, 0.3) is 10.8 Å². The molecule has 0 bridgehead atoms. The molecule has 1 nitrogen and oxygen atoms in total. The molecule has 3 saturated carbocycles. The summed E-state index contributed by atoms with van der Waals surface area (Å²) in [5.74, 6) is -0.927. The van der Waals surface area contributed by atoms with Crippen LogP contribution in [-0.2, 0) is 0 Å². The van der Waals surface area contributed by atoms with Crippen LogP contribution in [0.1, 0.15) is 123 Å². The number of halogens is 2. The van der Waals surface area contributed by atoms with Crippen molar-refractivity contribution in [2.45, 2.75) is 101 Å². The van der Waals surface area contributed by atoms with Gasteiger partial charge in [0.15, 0.2) is 0 Å². The van der Waals surface area contributed by atoms with Gasteiger partial charge in [0.25, 0.3) is 0 Å². The molecule has 186 valence electrons. The Morgan fingerprint density at radius 3 is 1.97 bits per heavy atom. The summed E-state index contributed by atoms with van der Waals surface area (Å²) in [4.78, 5) is 5.21. The van der Waals surface area contributed by atoms with Crippen molar-refractivity contribution in [3.8, 4) is 0 Å². The second-order valence-corrected chi connectivity index (χ2v) is 11.8. The highest BCUT2D eigenvalue weighted by atomic mass is 19.3. The van der Waals surface area contributed by atoms with Gasteiger partial charge in [-0.15, -0.1) is 0 Å². The van der Waals surface area contributed by atoms with Gasteiger partial charge in [0.2, 0.25) is 5.92 Å². The molecule has 1 aliphatic heterocycles. The molecule has 3 heteroatoms. The fourth-order valence-corrected chi connectivity index (χ4v) is 7.61. The predicted octanol–water partition coefficient (Wildman–Crippen LogP) is 9.93. The molecular formula is C33H35F2N. The number of alkyl halides is 2. The normalized spacial score (nSPS) is 22.6. The number of benzene rings is 3. The Bertz CT molecular complexity index is 1300. The highest BCUT2D eigenvalue weighted by Gasteiger charge is 2.36. The first kappa shape index (κ1) is 22.6. The van der Waals surface area contributed by atoms with E-state index < -0.39 is 5.92 Å². The highest BCUT2D eigenvalue weighted by Crippen LogP contribution is 2.47. The Morgan fingerprint density at radius 2 is 1.33 bits per heavy atom. The van der Waals surface area contributed by atoms with Gasteiger partial charge in [-0.2, -0.15) is 0 Å². The molecule has 36 heavy (non-hydrogen) atoms. The molecular weight excluding hydrogens is 448 g/mol. The van der Waals surface area contributed by atoms with E-state index in [0.717, 1.165) is 11.4 Å². The average molecular weight is 484 g/mol. The fraction of sp³-hybridized carbons (Fsp3) is 0.485. The summed E-state index contributed by atoms with van der Waals surface area (Å²) >= 11 is 0. The van der Waals surface area contributed by atoms with Gasteiger partial charge in [0.05, 0.1) is 11.4 Å². The maximum absolute atomic E-state index is 13.9. The van der Waals surface area contributed by atoms with E-state index in [2.05, 4.69) is 48.5 Å². The molecule has 7 rings (SSSR count). The maximum atomic E-state index is 13.9. The lowest BCUT2D eigenvalue weighted by molar-refractivity contribution is -0.0381. The van der Waals surface area contributed by atoms with Gasteiger partial charge in [0.1, 0.15) is 0 Å². The predicted molar refractivity (Wildman–Crippen MR) is 144 cm³/mol. The minimum atomic E-state index is -2.50. The van der Waals surface area contributed by atoms with E-state index in [0.29, 0.717) is 24.7 Å². The summed E-state index contributed by atoms with van der Waals surface area (Å²) in [5.41, 5.74) is 8.88. The zero-order valence-electron chi connectivity index (χ0n) is 21.0. The molecule has 3 aliphatic carbocycles. The number of aliphatic imine (C=N–C) groups is 1. The van der Waals surface area contributed by atoms with Crippen LogP contribution < -0.4 is 0 Å². The number of rotatable bonds is 4. The van der Waals surface area contributed by atoms with E-state index in [1.54, 1.807) is 0 Å². The fourth-order valence-electron chi connectivity index (χ4n) is 7.61. The van der Waals surface area contributed by atoms with E-state index in [4.69, 9.17) is 4.99 Å². The molecule has 3 fully saturated rings. The summed E-state index contributed by atoms with van der Waals surface area (Å²) in [7, 11) is 0. The maximum Gasteiger partial charge on any atom is 0.248 e. The minimum Gasteiger partial charge on any atom is -0.247 e. The van der Waals surface area contributed by atoms with Gasteiger partial charge in [-0.25, -0.2) is 13.8 Å². The summed E-state index contributed by atoms with van der Waals surface area (Å²) in [6.45, 7) is 0. The third-order valence-electron chi connectivity index (χ3n) is 9.60. The van der Waals surface area contributed by atoms with Crippen LogP contribution in [0.4, 0.5) is 14.5 Å². The van der Waals surface area contributed by atoms with Crippen molar-refractivity contribution in [3.63, 3.8) is 0 Å². The van der Waals surface area contributed by atoms with Crippen molar-refractivity contribution < 1.29 is 8.78 Å². The summed E-state index contributed by atoms with van der Waals surface area (Å²) in [6.07, 6.45) is 11.7. The quantitative estimate of drug-likeness (QED) is 0.274. The third-order valence-corrected chi connectivity index (χ3v) is 9.60. The van der Waals surface area contributed by atoms with Gasteiger partial charge in [-0.05, 0) is 96.6 Å². The zero-order valence-corrected chi connectivity index (χ0v) is 21.0. The van der Waals surface area contributed by atoms with E-state index in [1.165, 1.54) is 90.0 Å². The second kappa shape index (κ2) is 8.78. The van der Waals surface area contributed by atoms with Crippen molar-refractivity contribution in [2.24, 2.45) is 4.99 Å². The smallest absolute Gasteiger partial charge is 0.247 e. The Balaban J connectivity index is 1.30. The molecule has 0 spiro atoms. The molecule has 0 aromatic heterocycles. The first-order valence-electron chi connectivity index (χ1n) is 14.2. The molecule has 1 heterocycles. The van der Waals surface area contributed by atoms with Crippen molar-refractivity contribution in [1.82, 2.24) is 0 Å². The van der Waals surface area contributed by atoms with Crippen LogP contribution in [-0.4, -0.2) is 11.6 Å². The third kappa shape index (κ3) is 3.90. The first-order chi connectivity index (χ1) is 17.6. The minimum absolute atomic E-state index is 0.000253. The van der Waals surface area contributed by atoms with Crippen LogP contribution in [0.3, 0.4) is 0 Å². The van der Waals surface area contributed by atoms with E-state index >= 15 is 0 Å². The second-order valence-electron chi connectivity index (χ2n) is 11.8. The van der Waals surface area contributed by atoms with Crippen molar-refractivity contribution in [2.75, 3.05) is 0 Å². The van der Waals surface area contributed by atoms with Crippen molar-refractivity contribution in [1.29, 1.82) is 0 Å². The van der Waals surface area contributed by atoms with Crippen LogP contribution in [0.2, 0.25) is 0 Å². The van der Waals surface area contributed by atoms with Gasteiger partial charge < -0.3 is 0 Å². The zero-order chi connectivity index (χ0) is 24.3. The van der Waals surface area contributed by atoms with E-state index in [9.17, 15) is 8.78 Å². The molecule has 0 N–H and O–H groups in total. The summed E-state index contributed by atoms with van der Waals surface area (Å²) in [6, 6.07) is 18.2. The van der Waals surface area contributed by atoms with Crippen LogP contribution in [0, 0.1) is 0 Å². The van der Waals surface area contributed by atoms with Crippen molar-refractivity contribution in [3.05, 3.63) is 76.3 Å². The van der Waals surface area contributed by atoms with Gasteiger partial charge in [-0.1, -0.05) is 56.0 Å². The summed E-state index contributed by atoms with van der Waals surface area (Å²) in [5, 5.41) is 2.43. The lowest BCUT2D eigenvalue weighted by Crippen LogP contribution is -2.23. The molecule has 3 aromatic carbocycles. The van der Waals surface area contributed by atoms with Crippen LogP contribution in [0.5, 0.6) is 0 Å². The number of nitrogens with zero attached hydrogens (tertiary/aromatic N) is 1. The Labute approximate surface area is 213 Å². The lowest BCUT2D eigenvalue weighted by atomic mass is 9.80. The molecule has 3 aromatic rings. The monoisotopic (exact) mass is 483 g/mol. The van der Waals surface area contributed by atoms with Crippen LogP contribution in [0.15, 0.2) is 53.5 Å². The molecule has 0 saturated heterocycles. The molecule has 0 atom stereocenters. The van der Waals surface area contributed by atoms with Gasteiger partial charge in [-0.3, -0.25) is 0 Å². The van der Waals surface area contributed by atoms with Crippen molar-refractivity contribution >= 4 is 22.2 Å². The average Bonchev–Trinajstić information content (AvgIpc) is 3.67. The van der Waals surface area contributed by atoms with E-state index in [-0.39, 0.29) is 18.8 Å². The molecule has 0 amide bonds. The highest BCUT2D eigenvalue weighted by molar-refractivity contribution is 6.26. The topological polar surface area (TPSA) is 12.4 Å². The Kier molecular flexibility index (Phi) is 5.52. The largest absolute Gasteiger partial charge is 0.248 e. The SMILES string of the molecule is FC1(F)CCC(c2ccc3c4c(cccc24)C(c2cc(C4CCCC4)cc(C4CCCC4)c2)=N3)CC1. The first-order valence-corrected chi connectivity index (χ1v) is 14.2. The van der Waals surface area contributed by atoms with E-state index in [1.807, 2.05) is 0 Å². The summed E-state index contributed by atoms with van der Waals surface area (Å²) < 4.78 is 27.7. The molecule has 0 radical (unpaired) electrons. The Hall–Kier alpha value is -2.55. The van der Waals surface area contributed by atoms with Gasteiger partial charge >= 0.3 is 0 Å². The van der Waals surface area contributed by atoms with Gasteiger partial charge in [0, 0.05) is 29.4 Å². The molecule has 0 unspecified atom stereocenters. The number of hydrogen-bond donors (Lipinski definition) is 0. The van der Waals surface area contributed by atoms with Crippen LogP contribution >= 0.6 is 0 Å². The molecule has 4 aliphatic rings.